The monoisotopic (exact) mass is 429 g/mol. The van der Waals surface area contributed by atoms with Gasteiger partial charge in [0.1, 0.15) is 0 Å². The van der Waals surface area contributed by atoms with Gasteiger partial charge in [0.2, 0.25) is 5.91 Å². The first-order valence-electron chi connectivity index (χ1n) is 11.8. The van der Waals surface area contributed by atoms with E-state index in [1.807, 2.05) is 47.4 Å². The molecule has 170 valence electrons. The van der Waals surface area contributed by atoms with Crippen LogP contribution in [0.3, 0.4) is 0 Å². The number of hydrogen-bond donors (Lipinski definition) is 0. The van der Waals surface area contributed by atoms with Crippen LogP contribution in [0.25, 0.3) is 0 Å². The van der Waals surface area contributed by atoms with Crippen molar-refractivity contribution >= 4 is 11.6 Å². The molecule has 0 saturated carbocycles. The second-order valence-electron chi connectivity index (χ2n) is 12.1. The van der Waals surface area contributed by atoms with Crippen molar-refractivity contribution in [2.75, 3.05) is 4.90 Å². The van der Waals surface area contributed by atoms with Gasteiger partial charge in [-0.25, -0.2) is 0 Å². The largest absolute Gasteiger partial charge is 0.307 e. The summed E-state index contributed by atoms with van der Waals surface area (Å²) in [6.07, 6.45) is 3.87. The molecule has 0 bridgehead atoms. The Morgan fingerprint density at radius 1 is 0.812 bits per heavy atom. The van der Waals surface area contributed by atoms with Gasteiger partial charge in [0.25, 0.3) is 0 Å². The lowest BCUT2D eigenvalue weighted by Gasteiger charge is -2.36. The highest BCUT2D eigenvalue weighted by molar-refractivity contribution is 5.95. The quantitative estimate of drug-likeness (QED) is 0.433. The third kappa shape index (κ3) is 6.49. The summed E-state index contributed by atoms with van der Waals surface area (Å²) in [4.78, 5) is 15.6. The fourth-order valence-electron chi connectivity index (χ4n) is 5.00. The lowest BCUT2D eigenvalue weighted by Crippen LogP contribution is -2.35. The minimum atomic E-state index is -0.0608. The number of nitrogens with zero attached hydrogens (tertiary/aromatic N) is 1. The minimum Gasteiger partial charge on any atom is -0.307 e. The molecule has 0 atom stereocenters. The zero-order valence-electron chi connectivity index (χ0n) is 21.0. The molecule has 2 aromatic rings. The molecule has 0 fully saturated rings. The molecule has 0 radical (unpaired) electrons. The minimum absolute atomic E-state index is 0.0608. The van der Waals surface area contributed by atoms with E-state index in [0.29, 0.717) is 18.4 Å². The van der Waals surface area contributed by atoms with Crippen molar-refractivity contribution in [3.05, 3.63) is 65.2 Å². The van der Waals surface area contributed by atoms with E-state index in [1.54, 1.807) is 0 Å². The first-order valence-corrected chi connectivity index (χ1v) is 11.8. The first kappa shape index (κ1) is 24.1. The van der Waals surface area contributed by atoms with Gasteiger partial charge in [-0.2, -0.15) is 0 Å². The van der Waals surface area contributed by atoms with Crippen LogP contribution in [0, 0.1) is 28.1 Å². The second kappa shape index (κ2) is 9.14. The van der Waals surface area contributed by atoms with Gasteiger partial charge in [0, 0.05) is 17.5 Å². The van der Waals surface area contributed by atoms with Gasteiger partial charge in [-0.3, -0.25) is 4.79 Å². The predicted molar refractivity (Wildman–Crippen MR) is 136 cm³/mol. The number of carbonyl (C=O) groups is 1. The Morgan fingerprint density at radius 2 is 1.38 bits per heavy atom. The van der Waals surface area contributed by atoms with E-state index in [-0.39, 0.29) is 16.7 Å². The van der Waals surface area contributed by atoms with Crippen LogP contribution in [-0.4, -0.2) is 5.91 Å². The molecule has 2 heteroatoms. The molecule has 2 nitrogen and oxygen atoms in total. The number of para-hydroxylation sites is 1. The van der Waals surface area contributed by atoms with Crippen molar-refractivity contribution in [2.45, 2.75) is 80.7 Å². The lowest BCUT2D eigenvalue weighted by atomic mass is 9.70. The fraction of sp³-hybridized carbons (Fsp3) is 0.500. The molecular weight excluding hydrogens is 390 g/mol. The molecule has 0 spiro atoms. The molecule has 1 heterocycles. The summed E-state index contributed by atoms with van der Waals surface area (Å²) in [5, 5.41) is 0. The summed E-state index contributed by atoms with van der Waals surface area (Å²) in [6, 6.07) is 16.2. The summed E-state index contributed by atoms with van der Waals surface area (Å²) >= 11 is 0. The normalized spacial score (nSPS) is 13.9. The highest BCUT2D eigenvalue weighted by atomic mass is 16.2. The number of fused-ring (bicyclic) bond motifs is 2. The molecule has 3 rings (SSSR count). The van der Waals surface area contributed by atoms with Crippen LogP contribution in [0.15, 0.2) is 48.5 Å². The van der Waals surface area contributed by atoms with Crippen LogP contribution in [-0.2, 0) is 11.3 Å². The van der Waals surface area contributed by atoms with Crippen molar-refractivity contribution in [1.82, 2.24) is 0 Å². The standard InChI is InChI=1S/C30H39NO/c1-28(2,3)22-30(6,7)19-18-29(4,5)20-27(32)31-21-25-14-9-8-12-23(25)16-17-24-13-10-11-15-26(24)31/h8-15H,18-22H2,1-7H3. The van der Waals surface area contributed by atoms with Gasteiger partial charge in [0.05, 0.1) is 12.2 Å². The lowest BCUT2D eigenvalue weighted by molar-refractivity contribution is -0.120. The Bertz CT molecular complexity index is 1030. The molecule has 0 aliphatic carbocycles. The van der Waals surface area contributed by atoms with E-state index in [2.05, 4.69) is 66.4 Å². The summed E-state index contributed by atoms with van der Waals surface area (Å²) < 4.78 is 0. The van der Waals surface area contributed by atoms with Crippen molar-refractivity contribution in [3.8, 4) is 11.8 Å². The average molecular weight is 430 g/mol. The summed E-state index contributed by atoms with van der Waals surface area (Å²) in [7, 11) is 0. The number of rotatable bonds is 6. The van der Waals surface area contributed by atoms with Crippen molar-refractivity contribution < 1.29 is 4.79 Å². The smallest absolute Gasteiger partial charge is 0.227 e. The molecule has 1 aliphatic rings. The van der Waals surface area contributed by atoms with Gasteiger partial charge in [-0.05, 0) is 59.3 Å². The van der Waals surface area contributed by atoms with E-state index in [9.17, 15) is 4.79 Å². The number of carbonyl (C=O) groups excluding carboxylic acids is 1. The molecule has 1 amide bonds. The van der Waals surface area contributed by atoms with E-state index in [0.717, 1.165) is 35.2 Å². The molecule has 32 heavy (non-hydrogen) atoms. The summed E-state index contributed by atoms with van der Waals surface area (Å²) in [5.41, 5.74) is 4.46. The fourth-order valence-corrected chi connectivity index (χ4v) is 5.00. The van der Waals surface area contributed by atoms with Gasteiger partial charge in [-0.1, -0.05) is 90.6 Å². The van der Waals surface area contributed by atoms with E-state index < -0.39 is 0 Å². The molecule has 0 N–H and O–H groups in total. The zero-order chi connectivity index (χ0) is 23.6. The Hall–Kier alpha value is -2.53. The Labute approximate surface area is 195 Å². The van der Waals surface area contributed by atoms with Crippen LogP contribution >= 0.6 is 0 Å². The number of hydrogen-bond acceptors (Lipinski definition) is 1. The van der Waals surface area contributed by atoms with E-state index >= 15 is 0 Å². The SMILES string of the molecule is CC(C)(C)CC(C)(C)CCC(C)(C)CC(=O)N1Cc2ccccc2C#Cc2ccccc21. The summed E-state index contributed by atoms with van der Waals surface area (Å²) in [5.74, 6) is 6.76. The molecular formula is C30H39NO. The maximum Gasteiger partial charge on any atom is 0.227 e. The van der Waals surface area contributed by atoms with Crippen LogP contribution < -0.4 is 4.90 Å². The van der Waals surface area contributed by atoms with Crippen LogP contribution in [0.1, 0.15) is 90.8 Å². The maximum atomic E-state index is 13.7. The topological polar surface area (TPSA) is 20.3 Å². The molecule has 0 aromatic heterocycles. The number of amides is 1. The van der Waals surface area contributed by atoms with Crippen molar-refractivity contribution in [3.63, 3.8) is 0 Å². The molecule has 0 saturated heterocycles. The van der Waals surface area contributed by atoms with Gasteiger partial charge < -0.3 is 4.90 Å². The van der Waals surface area contributed by atoms with Gasteiger partial charge >= 0.3 is 0 Å². The molecule has 0 unspecified atom stereocenters. The van der Waals surface area contributed by atoms with E-state index in [4.69, 9.17) is 0 Å². The van der Waals surface area contributed by atoms with Crippen LogP contribution in [0.2, 0.25) is 0 Å². The maximum absolute atomic E-state index is 13.7. The first-order chi connectivity index (χ1) is 14.9. The third-order valence-corrected chi connectivity index (χ3v) is 6.29. The highest BCUT2D eigenvalue weighted by Gasteiger charge is 2.31. The Morgan fingerprint density at radius 3 is 2.06 bits per heavy atom. The second-order valence-corrected chi connectivity index (χ2v) is 12.1. The molecule has 1 aliphatic heterocycles. The summed E-state index contributed by atoms with van der Waals surface area (Å²) in [6.45, 7) is 16.7. The van der Waals surface area contributed by atoms with Crippen LogP contribution in [0.5, 0.6) is 0 Å². The zero-order valence-corrected chi connectivity index (χ0v) is 21.0. The Kier molecular flexibility index (Phi) is 6.89. The highest BCUT2D eigenvalue weighted by Crippen LogP contribution is 2.41. The Balaban J connectivity index is 1.80. The predicted octanol–water partition coefficient (Wildman–Crippen LogP) is 7.59. The molecule has 2 aromatic carbocycles. The average Bonchev–Trinajstić information content (AvgIpc) is 2.66. The van der Waals surface area contributed by atoms with Crippen LogP contribution in [0.4, 0.5) is 5.69 Å². The third-order valence-electron chi connectivity index (χ3n) is 6.29. The number of anilines is 1. The van der Waals surface area contributed by atoms with Crippen molar-refractivity contribution in [1.29, 1.82) is 0 Å². The van der Waals surface area contributed by atoms with E-state index in [1.165, 1.54) is 6.42 Å². The van der Waals surface area contributed by atoms with Crippen molar-refractivity contribution in [2.24, 2.45) is 16.2 Å². The van der Waals surface area contributed by atoms with Gasteiger partial charge in [0.15, 0.2) is 0 Å². The number of benzene rings is 2. The van der Waals surface area contributed by atoms with Gasteiger partial charge in [-0.15, -0.1) is 0 Å².